The zero-order chi connectivity index (χ0) is 68.6. The van der Waals surface area contributed by atoms with Crippen LogP contribution in [0.1, 0.15) is 382 Å². The monoisotopic (exact) mass is 1370 g/mol. The molecule has 0 rings (SSSR count). The summed E-state index contributed by atoms with van der Waals surface area (Å²) in [6, 6.07) is 0. The van der Waals surface area contributed by atoms with Crippen molar-refractivity contribution in [3.8, 4) is 0 Å². The van der Waals surface area contributed by atoms with Crippen molar-refractivity contribution in [3.05, 3.63) is 0 Å². The molecule has 5 atom stereocenters. The second-order valence-electron chi connectivity index (χ2n) is 27.6. The van der Waals surface area contributed by atoms with Gasteiger partial charge in [0.25, 0.3) is 0 Å². The highest BCUT2D eigenvalue weighted by molar-refractivity contribution is 7.47. The van der Waals surface area contributed by atoms with Crippen molar-refractivity contribution in [1.82, 2.24) is 0 Å². The van der Waals surface area contributed by atoms with Crippen molar-refractivity contribution in [3.63, 3.8) is 0 Å². The number of ether oxygens (including phenoxy) is 4. The number of aliphatic hydroxyl groups is 1. The maximum absolute atomic E-state index is 13.1. The Morgan fingerprint density at radius 3 is 0.731 bits per heavy atom. The average Bonchev–Trinajstić information content (AvgIpc) is 2.46. The highest BCUT2D eigenvalue weighted by Crippen LogP contribution is 2.45. The van der Waals surface area contributed by atoms with Crippen LogP contribution < -0.4 is 0 Å². The van der Waals surface area contributed by atoms with E-state index in [1.165, 1.54) is 199 Å². The summed E-state index contributed by atoms with van der Waals surface area (Å²) in [5.74, 6) is -0.581. The van der Waals surface area contributed by atoms with Gasteiger partial charge >= 0.3 is 39.5 Å². The van der Waals surface area contributed by atoms with Gasteiger partial charge in [-0.25, -0.2) is 9.13 Å². The first kappa shape index (κ1) is 91.1. The van der Waals surface area contributed by atoms with Crippen molar-refractivity contribution in [2.24, 2.45) is 11.8 Å². The van der Waals surface area contributed by atoms with Gasteiger partial charge in [-0.3, -0.25) is 37.3 Å². The van der Waals surface area contributed by atoms with E-state index in [-0.39, 0.29) is 25.7 Å². The van der Waals surface area contributed by atoms with Gasteiger partial charge in [0.1, 0.15) is 19.3 Å². The third kappa shape index (κ3) is 68.4. The molecule has 0 aromatic rings. The Balaban J connectivity index is 5.24. The first-order valence-corrected chi connectivity index (χ1v) is 41.5. The molecule has 0 aromatic carbocycles. The van der Waals surface area contributed by atoms with E-state index in [4.69, 9.17) is 37.0 Å². The van der Waals surface area contributed by atoms with Crippen LogP contribution in [0.2, 0.25) is 0 Å². The van der Waals surface area contributed by atoms with E-state index in [0.29, 0.717) is 25.7 Å². The summed E-state index contributed by atoms with van der Waals surface area (Å²) in [4.78, 5) is 72.7. The number of phosphoric ester groups is 2. The number of rotatable bonds is 73. The summed E-state index contributed by atoms with van der Waals surface area (Å²) in [6.07, 6.45) is 52.6. The highest BCUT2D eigenvalue weighted by Gasteiger charge is 2.30. The Bertz CT molecular complexity index is 1800. The van der Waals surface area contributed by atoms with E-state index in [0.717, 1.165) is 102 Å². The molecule has 19 heteroatoms. The second kappa shape index (κ2) is 66.0. The van der Waals surface area contributed by atoms with E-state index >= 15 is 0 Å². The lowest BCUT2D eigenvalue weighted by atomic mass is 10.0. The SMILES string of the molecule is CCCCCCCCCCCCCCCCCCC(=O)O[C@H](COC(=O)CCCCCCCCCCCCCC(C)C)COP(=O)(O)OC[C@@H](O)COP(=O)(O)OC[C@@H](COC(=O)CCCCCCCCCCC)OC(=O)CCCCCCCCCCCCCC(C)C. The molecule has 0 heterocycles. The van der Waals surface area contributed by atoms with E-state index in [1.54, 1.807) is 0 Å². The quantitative estimate of drug-likeness (QED) is 0.0222. The number of hydrogen-bond acceptors (Lipinski definition) is 15. The van der Waals surface area contributed by atoms with E-state index in [2.05, 4.69) is 41.5 Å². The van der Waals surface area contributed by atoms with Gasteiger partial charge in [-0.1, -0.05) is 330 Å². The molecule has 0 spiro atoms. The number of phosphoric acid groups is 2. The molecule has 0 saturated carbocycles. The van der Waals surface area contributed by atoms with Gasteiger partial charge in [0.05, 0.1) is 26.4 Å². The molecule has 552 valence electrons. The first-order valence-electron chi connectivity index (χ1n) is 38.5. The normalized spacial score (nSPS) is 14.1. The molecule has 0 aromatic heterocycles. The number of unbranched alkanes of at least 4 members (excludes halogenated alkanes) is 43. The number of hydrogen-bond donors (Lipinski definition) is 3. The fourth-order valence-electron chi connectivity index (χ4n) is 11.3. The number of carbonyl (C=O) groups is 4. The largest absolute Gasteiger partial charge is 0.472 e. The Morgan fingerprint density at radius 2 is 0.495 bits per heavy atom. The predicted octanol–water partition coefficient (Wildman–Crippen LogP) is 21.6. The van der Waals surface area contributed by atoms with Gasteiger partial charge in [0.2, 0.25) is 0 Å². The Morgan fingerprint density at radius 1 is 0.290 bits per heavy atom. The number of aliphatic hydroxyl groups excluding tert-OH is 1. The molecular weight excluding hydrogens is 1220 g/mol. The van der Waals surface area contributed by atoms with Crippen molar-refractivity contribution < 1.29 is 80.2 Å². The minimum atomic E-state index is -4.95. The van der Waals surface area contributed by atoms with E-state index in [1.807, 2.05) is 0 Å². The van der Waals surface area contributed by atoms with Crippen LogP contribution in [-0.2, 0) is 65.4 Å². The molecule has 0 amide bonds. The van der Waals surface area contributed by atoms with Crippen molar-refractivity contribution in [1.29, 1.82) is 0 Å². The van der Waals surface area contributed by atoms with Gasteiger partial charge in [0.15, 0.2) is 12.2 Å². The van der Waals surface area contributed by atoms with Crippen molar-refractivity contribution in [2.45, 2.75) is 400 Å². The molecule has 3 N–H and O–H groups in total. The lowest BCUT2D eigenvalue weighted by Crippen LogP contribution is -2.30. The molecule has 93 heavy (non-hydrogen) atoms. The van der Waals surface area contributed by atoms with Crippen molar-refractivity contribution >= 4 is 39.5 Å². The Kier molecular flexibility index (Phi) is 64.6. The molecule has 0 saturated heterocycles. The molecule has 2 unspecified atom stereocenters. The molecule has 0 bridgehead atoms. The van der Waals surface area contributed by atoms with Crippen LogP contribution in [0.5, 0.6) is 0 Å². The van der Waals surface area contributed by atoms with Crippen LogP contribution in [0.3, 0.4) is 0 Å². The lowest BCUT2D eigenvalue weighted by molar-refractivity contribution is -0.161. The maximum atomic E-state index is 13.1. The Hall–Kier alpha value is -1.94. The van der Waals surface area contributed by atoms with Gasteiger partial charge < -0.3 is 33.8 Å². The van der Waals surface area contributed by atoms with Crippen LogP contribution >= 0.6 is 15.6 Å². The average molecular weight is 1370 g/mol. The molecule has 0 aliphatic rings. The maximum Gasteiger partial charge on any atom is 0.472 e. The first-order chi connectivity index (χ1) is 44.9. The van der Waals surface area contributed by atoms with Gasteiger partial charge in [-0.2, -0.15) is 0 Å². The number of esters is 4. The second-order valence-corrected chi connectivity index (χ2v) is 30.5. The van der Waals surface area contributed by atoms with Crippen LogP contribution in [-0.4, -0.2) is 96.7 Å². The Labute approximate surface area is 568 Å². The zero-order valence-electron chi connectivity index (χ0n) is 60.6. The third-order valence-electron chi connectivity index (χ3n) is 17.2. The van der Waals surface area contributed by atoms with Gasteiger partial charge in [0, 0.05) is 25.7 Å². The minimum absolute atomic E-state index is 0.106. The van der Waals surface area contributed by atoms with Crippen LogP contribution in [0, 0.1) is 11.8 Å². The van der Waals surface area contributed by atoms with Gasteiger partial charge in [-0.05, 0) is 37.5 Å². The fraction of sp³-hybridized carbons (Fsp3) is 0.946. The zero-order valence-corrected chi connectivity index (χ0v) is 62.3. The standard InChI is InChI=1S/C74H144O17P2/c1-7-9-11-13-15-17-18-19-20-21-22-27-34-40-46-52-58-73(78)91-70(63-85-72(77)57-51-45-39-33-28-23-25-31-36-42-48-54-66(3)4)65-89-93(82,83)87-61-68(75)60-86-92(80,81)88-64-69(62-84-71(76)56-50-44-38-30-16-14-12-10-8-2)90-74(79)59-53-47-41-35-29-24-26-32-37-43-49-55-67(5)6/h66-70,75H,7-65H2,1-6H3,(H,80,81)(H,82,83)/t68-,69+,70+/m0/s1. The van der Waals surface area contributed by atoms with Crippen LogP contribution in [0.15, 0.2) is 0 Å². The summed E-state index contributed by atoms with van der Waals surface area (Å²) >= 11 is 0. The third-order valence-corrected chi connectivity index (χ3v) is 19.1. The molecule has 0 radical (unpaired) electrons. The summed E-state index contributed by atoms with van der Waals surface area (Å²) in [5, 5.41) is 10.6. The summed E-state index contributed by atoms with van der Waals surface area (Å²) in [5.41, 5.74) is 0. The van der Waals surface area contributed by atoms with Crippen molar-refractivity contribution in [2.75, 3.05) is 39.6 Å². The smallest absolute Gasteiger partial charge is 0.462 e. The fourth-order valence-corrected chi connectivity index (χ4v) is 12.9. The summed E-state index contributed by atoms with van der Waals surface area (Å²) < 4.78 is 68.4. The molecule has 17 nitrogen and oxygen atoms in total. The van der Waals surface area contributed by atoms with E-state index in [9.17, 15) is 43.2 Å². The minimum Gasteiger partial charge on any atom is -0.462 e. The van der Waals surface area contributed by atoms with E-state index < -0.39 is 97.5 Å². The molecule has 0 fully saturated rings. The lowest BCUT2D eigenvalue weighted by Gasteiger charge is -2.21. The predicted molar refractivity (Wildman–Crippen MR) is 377 cm³/mol. The number of carbonyl (C=O) groups excluding carboxylic acids is 4. The summed E-state index contributed by atoms with van der Waals surface area (Å²) in [7, 11) is -9.91. The molecule has 0 aliphatic heterocycles. The summed E-state index contributed by atoms with van der Waals surface area (Å²) in [6.45, 7) is 9.58. The van der Waals surface area contributed by atoms with Crippen LogP contribution in [0.25, 0.3) is 0 Å². The molecule has 0 aliphatic carbocycles. The highest BCUT2D eigenvalue weighted by atomic mass is 31.2. The van der Waals surface area contributed by atoms with Crippen LogP contribution in [0.4, 0.5) is 0 Å². The topological polar surface area (TPSA) is 237 Å². The molecular formula is C74H144O17P2. The van der Waals surface area contributed by atoms with Gasteiger partial charge in [-0.15, -0.1) is 0 Å².